The second kappa shape index (κ2) is 8.22. The normalized spacial score (nSPS) is 21.4. The standard InChI is InChI=1S/C19H29N7O/c1-23-13-16(12-21-23)14-25-7-3-4-17(15-25)24(2)18-5-6-20-19(22-18)26-8-10-27-11-9-26/h5-6,12-13,17H,3-4,7-11,14-15H2,1-2H3. The van der Waals surface area contributed by atoms with Crippen LogP contribution >= 0.6 is 0 Å². The fourth-order valence-electron chi connectivity index (χ4n) is 3.94. The van der Waals surface area contributed by atoms with Gasteiger partial charge in [-0.1, -0.05) is 0 Å². The first-order valence-electron chi connectivity index (χ1n) is 9.77. The van der Waals surface area contributed by atoms with Crippen molar-refractivity contribution in [2.75, 3.05) is 56.2 Å². The van der Waals surface area contributed by atoms with Crippen molar-refractivity contribution in [2.45, 2.75) is 25.4 Å². The van der Waals surface area contributed by atoms with Gasteiger partial charge in [0.1, 0.15) is 5.82 Å². The number of likely N-dealkylation sites (tertiary alicyclic amines) is 1. The lowest BCUT2D eigenvalue weighted by Gasteiger charge is -2.38. The first kappa shape index (κ1) is 18.2. The van der Waals surface area contributed by atoms with Crippen LogP contribution in [0.5, 0.6) is 0 Å². The highest BCUT2D eigenvalue weighted by atomic mass is 16.5. The minimum atomic E-state index is 0.461. The van der Waals surface area contributed by atoms with Gasteiger partial charge in [0, 0.05) is 64.3 Å². The number of aryl methyl sites for hydroxylation is 1. The van der Waals surface area contributed by atoms with Gasteiger partial charge in [-0.05, 0) is 25.5 Å². The van der Waals surface area contributed by atoms with Gasteiger partial charge in [0.25, 0.3) is 0 Å². The quantitative estimate of drug-likeness (QED) is 0.781. The molecule has 146 valence electrons. The van der Waals surface area contributed by atoms with Gasteiger partial charge in [0.05, 0.1) is 19.4 Å². The average Bonchev–Trinajstić information content (AvgIpc) is 3.13. The molecule has 2 aromatic rings. The molecule has 0 aromatic carbocycles. The van der Waals surface area contributed by atoms with Gasteiger partial charge in [-0.2, -0.15) is 10.1 Å². The summed E-state index contributed by atoms with van der Waals surface area (Å²) in [6.07, 6.45) is 8.34. The highest BCUT2D eigenvalue weighted by molar-refractivity contribution is 5.44. The van der Waals surface area contributed by atoms with Crippen LogP contribution in [0.3, 0.4) is 0 Å². The van der Waals surface area contributed by atoms with Crippen molar-refractivity contribution in [1.29, 1.82) is 0 Å². The number of anilines is 2. The van der Waals surface area contributed by atoms with Crippen molar-refractivity contribution < 1.29 is 4.74 Å². The van der Waals surface area contributed by atoms with Crippen molar-refractivity contribution in [3.05, 3.63) is 30.2 Å². The van der Waals surface area contributed by atoms with Gasteiger partial charge >= 0.3 is 0 Å². The first-order chi connectivity index (χ1) is 13.2. The number of morpholine rings is 1. The Balaban J connectivity index is 1.41. The van der Waals surface area contributed by atoms with Crippen LogP contribution < -0.4 is 9.80 Å². The third-order valence-electron chi connectivity index (χ3n) is 5.48. The van der Waals surface area contributed by atoms with Gasteiger partial charge in [0.15, 0.2) is 0 Å². The molecule has 0 radical (unpaired) electrons. The van der Waals surface area contributed by atoms with Crippen LogP contribution in [0.1, 0.15) is 18.4 Å². The summed E-state index contributed by atoms with van der Waals surface area (Å²) in [6.45, 7) is 6.35. The lowest BCUT2D eigenvalue weighted by Crippen LogP contribution is -2.46. The predicted molar refractivity (Wildman–Crippen MR) is 105 cm³/mol. The molecule has 27 heavy (non-hydrogen) atoms. The molecule has 0 amide bonds. The molecule has 2 saturated heterocycles. The summed E-state index contributed by atoms with van der Waals surface area (Å²) in [5.74, 6) is 1.81. The molecule has 4 rings (SSSR count). The van der Waals surface area contributed by atoms with Crippen LogP contribution in [-0.4, -0.2) is 77.1 Å². The molecule has 2 aliphatic heterocycles. The zero-order valence-electron chi connectivity index (χ0n) is 16.3. The highest BCUT2D eigenvalue weighted by Gasteiger charge is 2.25. The van der Waals surface area contributed by atoms with Crippen LogP contribution in [-0.2, 0) is 18.3 Å². The fraction of sp³-hybridized carbons (Fsp3) is 0.632. The summed E-state index contributed by atoms with van der Waals surface area (Å²) in [5, 5.41) is 4.29. The summed E-state index contributed by atoms with van der Waals surface area (Å²) in [5.41, 5.74) is 1.28. The van der Waals surface area contributed by atoms with E-state index in [0.29, 0.717) is 6.04 Å². The maximum atomic E-state index is 5.44. The number of ether oxygens (including phenoxy) is 1. The number of likely N-dealkylation sites (N-methyl/N-ethyl adjacent to an activating group) is 1. The number of piperidine rings is 1. The Bertz CT molecular complexity index is 743. The molecule has 2 fully saturated rings. The number of rotatable bonds is 5. The molecule has 0 N–H and O–H groups in total. The van der Waals surface area contributed by atoms with Crippen LogP contribution in [0.25, 0.3) is 0 Å². The zero-order valence-corrected chi connectivity index (χ0v) is 16.3. The van der Waals surface area contributed by atoms with Crippen LogP contribution in [0.15, 0.2) is 24.7 Å². The van der Waals surface area contributed by atoms with Crippen molar-refractivity contribution in [3.8, 4) is 0 Å². The smallest absolute Gasteiger partial charge is 0.227 e. The molecule has 0 saturated carbocycles. The molecule has 2 aromatic heterocycles. The van der Waals surface area contributed by atoms with E-state index >= 15 is 0 Å². The van der Waals surface area contributed by atoms with Gasteiger partial charge in [0.2, 0.25) is 5.95 Å². The number of nitrogens with zero attached hydrogens (tertiary/aromatic N) is 7. The molecule has 1 atom stereocenters. The Hall–Kier alpha value is -2.19. The van der Waals surface area contributed by atoms with E-state index < -0.39 is 0 Å². The number of hydrogen-bond acceptors (Lipinski definition) is 7. The first-order valence-corrected chi connectivity index (χ1v) is 9.77. The van der Waals surface area contributed by atoms with Crippen molar-refractivity contribution in [2.24, 2.45) is 7.05 Å². The van der Waals surface area contributed by atoms with E-state index in [1.165, 1.54) is 18.4 Å². The lowest BCUT2D eigenvalue weighted by molar-refractivity contribution is 0.122. The minimum absolute atomic E-state index is 0.461. The largest absolute Gasteiger partial charge is 0.378 e. The van der Waals surface area contributed by atoms with E-state index in [-0.39, 0.29) is 0 Å². The Morgan fingerprint density at radius 2 is 2.11 bits per heavy atom. The third kappa shape index (κ3) is 4.39. The Morgan fingerprint density at radius 1 is 1.26 bits per heavy atom. The van der Waals surface area contributed by atoms with Crippen LogP contribution in [0, 0.1) is 0 Å². The lowest BCUT2D eigenvalue weighted by atomic mass is 10.0. The second-order valence-corrected chi connectivity index (χ2v) is 7.48. The van der Waals surface area contributed by atoms with E-state index in [4.69, 9.17) is 9.72 Å². The SMILES string of the molecule is CN(c1ccnc(N2CCOCC2)n1)C1CCCN(Cc2cnn(C)c2)C1. The Kier molecular flexibility index (Phi) is 5.54. The molecule has 0 aliphatic carbocycles. The molecule has 8 heteroatoms. The average molecular weight is 371 g/mol. The van der Waals surface area contributed by atoms with Crippen molar-refractivity contribution in [1.82, 2.24) is 24.6 Å². The fourth-order valence-corrected chi connectivity index (χ4v) is 3.94. The molecule has 0 bridgehead atoms. The molecule has 4 heterocycles. The van der Waals surface area contributed by atoms with Gasteiger partial charge < -0.3 is 14.5 Å². The Morgan fingerprint density at radius 3 is 2.89 bits per heavy atom. The van der Waals surface area contributed by atoms with Crippen molar-refractivity contribution in [3.63, 3.8) is 0 Å². The van der Waals surface area contributed by atoms with E-state index in [9.17, 15) is 0 Å². The summed E-state index contributed by atoms with van der Waals surface area (Å²) in [6, 6.07) is 2.48. The summed E-state index contributed by atoms with van der Waals surface area (Å²) >= 11 is 0. The monoisotopic (exact) mass is 371 g/mol. The van der Waals surface area contributed by atoms with E-state index in [0.717, 1.165) is 57.7 Å². The van der Waals surface area contributed by atoms with E-state index in [1.807, 2.05) is 30.2 Å². The minimum Gasteiger partial charge on any atom is -0.378 e. The molecule has 1 unspecified atom stereocenters. The molecule has 0 spiro atoms. The molecular formula is C19H29N7O. The van der Waals surface area contributed by atoms with Gasteiger partial charge in [-0.15, -0.1) is 0 Å². The summed E-state index contributed by atoms with van der Waals surface area (Å²) < 4.78 is 7.31. The molecular weight excluding hydrogens is 342 g/mol. The van der Waals surface area contributed by atoms with Crippen molar-refractivity contribution >= 4 is 11.8 Å². The predicted octanol–water partition coefficient (Wildman–Crippen LogP) is 1.15. The maximum Gasteiger partial charge on any atom is 0.227 e. The maximum absolute atomic E-state index is 5.44. The third-order valence-corrected chi connectivity index (χ3v) is 5.48. The molecule has 8 nitrogen and oxygen atoms in total. The molecule has 2 aliphatic rings. The van der Waals surface area contributed by atoms with Crippen LogP contribution in [0.4, 0.5) is 11.8 Å². The topological polar surface area (TPSA) is 62.6 Å². The zero-order chi connectivity index (χ0) is 18.6. The van der Waals surface area contributed by atoms with Gasteiger partial charge in [-0.3, -0.25) is 9.58 Å². The second-order valence-electron chi connectivity index (χ2n) is 7.48. The Labute approximate surface area is 160 Å². The number of hydrogen-bond donors (Lipinski definition) is 0. The summed E-state index contributed by atoms with van der Waals surface area (Å²) in [4.78, 5) is 16.4. The van der Waals surface area contributed by atoms with E-state index in [1.54, 1.807) is 0 Å². The summed E-state index contributed by atoms with van der Waals surface area (Å²) in [7, 11) is 4.13. The van der Waals surface area contributed by atoms with E-state index in [2.05, 4.69) is 38.0 Å². The van der Waals surface area contributed by atoms with Gasteiger partial charge in [-0.25, -0.2) is 4.98 Å². The highest BCUT2D eigenvalue weighted by Crippen LogP contribution is 2.22. The number of aromatic nitrogens is 4. The van der Waals surface area contributed by atoms with Crippen LogP contribution in [0.2, 0.25) is 0 Å².